The van der Waals surface area contributed by atoms with E-state index < -0.39 is 17.3 Å². The van der Waals surface area contributed by atoms with Gasteiger partial charge in [-0.25, -0.2) is 4.68 Å². The number of halogens is 4. The number of rotatable bonds is 2. The van der Waals surface area contributed by atoms with Crippen molar-refractivity contribution in [3.05, 3.63) is 22.1 Å². The minimum atomic E-state index is -4.70. The zero-order valence-corrected chi connectivity index (χ0v) is 12.3. The van der Waals surface area contributed by atoms with Crippen LogP contribution in [0.5, 0.6) is 0 Å². The topological polar surface area (TPSA) is 72.9 Å². The van der Waals surface area contributed by atoms with Crippen LogP contribution in [0, 0.1) is 0 Å². The molecule has 1 fully saturated rings. The standard InChI is InChI=1S/C12H17F3N4O.ClH/c1-19-11(20)10(12(13,14)15)9(6-17-19)18-8-4-2-7(16)3-5-8;/h6-8,18H,2-5,16H2,1H3;1H. The van der Waals surface area contributed by atoms with Gasteiger partial charge in [-0.3, -0.25) is 4.79 Å². The Labute approximate surface area is 126 Å². The fourth-order valence-electron chi connectivity index (χ4n) is 2.41. The van der Waals surface area contributed by atoms with E-state index in [2.05, 4.69) is 10.4 Å². The van der Waals surface area contributed by atoms with Crippen molar-refractivity contribution in [3.8, 4) is 0 Å². The van der Waals surface area contributed by atoms with Crippen LogP contribution < -0.4 is 16.6 Å². The molecule has 0 radical (unpaired) electrons. The fourth-order valence-corrected chi connectivity index (χ4v) is 2.41. The van der Waals surface area contributed by atoms with Gasteiger partial charge >= 0.3 is 6.18 Å². The van der Waals surface area contributed by atoms with Crippen LogP contribution in [-0.4, -0.2) is 21.9 Å². The second kappa shape index (κ2) is 6.65. The third kappa shape index (κ3) is 4.10. The van der Waals surface area contributed by atoms with Gasteiger partial charge in [-0.2, -0.15) is 18.3 Å². The Morgan fingerprint density at radius 1 is 1.33 bits per heavy atom. The summed E-state index contributed by atoms with van der Waals surface area (Å²) in [5, 5.41) is 6.44. The molecule has 120 valence electrons. The second-order valence-corrected chi connectivity index (χ2v) is 5.12. The minimum absolute atomic E-state index is 0. The highest BCUT2D eigenvalue weighted by Crippen LogP contribution is 2.33. The molecule has 1 saturated carbocycles. The van der Waals surface area contributed by atoms with Crippen molar-refractivity contribution in [3.63, 3.8) is 0 Å². The van der Waals surface area contributed by atoms with Crippen LogP contribution in [-0.2, 0) is 13.2 Å². The van der Waals surface area contributed by atoms with E-state index in [-0.39, 0.29) is 30.2 Å². The molecular formula is C12H18ClF3N4O. The van der Waals surface area contributed by atoms with Crippen molar-refractivity contribution < 1.29 is 13.2 Å². The van der Waals surface area contributed by atoms with Crippen molar-refractivity contribution in [2.75, 3.05) is 5.32 Å². The number of anilines is 1. The summed E-state index contributed by atoms with van der Waals surface area (Å²) in [6, 6.07) is 0.00158. The smallest absolute Gasteiger partial charge is 0.380 e. The summed E-state index contributed by atoms with van der Waals surface area (Å²) >= 11 is 0. The first-order chi connectivity index (χ1) is 9.29. The van der Waals surface area contributed by atoms with Crippen molar-refractivity contribution in [1.82, 2.24) is 9.78 Å². The maximum Gasteiger partial charge on any atom is 0.423 e. The number of aryl methyl sites for hydroxylation is 1. The molecule has 0 amide bonds. The molecule has 0 saturated heterocycles. The van der Waals surface area contributed by atoms with E-state index in [1.54, 1.807) is 0 Å². The summed E-state index contributed by atoms with van der Waals surface area (Å²) in [5.41, 5.74) is 3.18. The summed E-state index contributed by atoms with van der Waals surface area (Å²) in [6.07, 6.45) is -0.750. The molecule has 9 heteroatoms. The minimum Gasteiger partial charge on any atom is -0.380 e. The Morgan fingerprint density at radius 2 is 1.90 bits per heavy atom. The van der Waals surface area contributed by atoms with E-state index in [1.165, 1.54) is 7.05 Å². The molecule has 1 aliphatic rings. The van der Waals surface area contributed by atoms with Gasteiger partial charge in [-0.05, 0) is 25.7 Å². The second-order valence-electron chi connectivity index (χ2n) is 5.12. The Kier molecular flexibility index (Phi) is 5.63. The molecule has 5 nitrogen and oxygen atoms in total. The van der Waals surface area contributed by atoms with Crippen LogP contribution in [0.3, 0.4) is 0 Å². The molecule has 0 aromatic carbocycles. The number of nitrogens with one attached hydrogen (secondary N) is 1. The number of hydrogen-bond donors (Lipinski definition) is 2. The number of alkyl halides is 3. The normalized spacial score (nSPS) is 22.5. The highest BCUT2D eigenvalue weighted by molar-refractivity contribution is 5.85. The zero-order chi connectivity index (χ0) is 14.9. The van der Waals surface area contributed by atoms with Gasteiger partial charge in [0.15, 0.2) is 0 Å². The molecule has 1 aliphatic carbocycles. The number of nitrogens with zero attached hydrogens (tertiary/aromatic N) is 2. The van der Waals surface area contributed by atoms with Gasteiger partial charge < -0.3 is 11.1 Å². The first-order valence-electron chi connectivity index (χ1n) is 6.44. The Balaban J connectivity index is 0.00000220. The van der Waals surface area contributed by atoms with Gasteiger partial charge in [-0.1, -0.05) is 0 Å². The van der Waals surface area contributed by atoms with E-state index in [1.807, 2.05) is 0 Å². The lowest BCUT2D eigenvalue weighted by Gasteiger charge is -2.28. The van der Waals surface area contributed by atoms with Gasteiger partial charge in [0.25, 0.3) is 5.56 Å². The van der Waals surface area contributed by atoms with Crippen molar-refractivity contribution in [2.24, 2.45) is 12.8 Å². The number of hydrogen-bond acceptors (Lipinski definition) is 4. The van der Waals surface area contributed by atoms with E-state index in [4.69, 9.17) is 5.73 Å². The van der Waals surface area contributed by atoms with Crippen molar-refractivity contribution in [2.45, 2.75) is 43.9 Å². The van der Waals surface area contributed by atoms with E-state index >= 15 is 0 Å². The summed E-state index contributed by atoms with van der Waals surface area (Å²) < 4.78 is 39.7. The number of aromatic nitrogens is 2. The molecule has 21 heavy (non-hydrogen) atoms. The van der Waals surface area contributed by atoms with E-state index in [0.717, 1.165) is 19.0 Å². The molecule has 0 atom stereocenters. The first-order valence-corrected chi connectivity index (χ1v) is 6.44. The molecule has 1 heterocycles. The predicted molar refractivity (Wildman–Crippen MR) is 75.6 cm³/mol. The maximum atomic E-state index is 13.0. The van der Waals surface area contributed by atoms with Gasteiger partial charge in [0, 0.05) is 19.1 Å². The maximum absolute atomic E-state index is 13.0. The Morgan fingerprint density at radius 3 is 2.43 bits per heavy atom. The van der Waals surface area contributed by atoms with Crippen LogP contribution in [0.1, 0.15) is 31.2 Å². The average molecular weight is 327 g/mol. The SMILES string of the molecule is Cl.Cn1ncc(NC2CCC(N)CC2)c(C(F)(F)F)c1=O. The first kappa shape index (κ1) is 17.8. The van der Waals surface area contributed by atoms with Crippen LogP contribution >= 0.6 is 12.4 Å². The molecule has 0 spiro atoms. The average Bonchev–Trinajstić information content (AvgIpc) is 2.35. The molecule has 0 unspecified atom stereocenters. The summed E-state index contributed by atoms with van der Waals surface area (Å²) in [6.45, 7) is 0. The summed E-state index contributed by atoms with van der Waals surface area (Å²) in [5.74, 6) is 0. The van der Waals surface area contributed by atoms with Crippen LogP contribution in [0.25, 0.3) is 0 Å². The van der Waals surface area contributed by atoms with Crippen LogP contribution in [0.15, 0.2) is 11.0 Å². The van der Waals surface area contributed by atoms with Gasteiger partial charge in [0.05, 0.1) is 11.9 Å². The molecular weight excluding hydrogens is 309 g/mol. The quantitative estimate of drug-likeness (QED) is 0.870. The van der Waals surface area contributed by atoms with Gasteiger partial charge in [0.2, 0.25) is 0 Å². The molecule has 3 N–H and O–H groups in total. The fraction of sp³-hybridized carbons (Fsp3) is 0.667. The highest BCUT2D eigenvalue weighted by Gasteiger charge is 2.38. The number of nitrogens with two attached hydrogens (primary N) is 1. The third-order valence-corrected chi connectivity index (χ3v) is 3.55. The zero-order valence-electron chi connectivity index (χ0n) is 11.5. The van der Waals surface area contributed by atoms with Gasteiger partial charge in [0.1, 0.15) is 5.56 Å². The molecule has 0 aliphatic heterocycles. The summed E-state index contributed by atoms with van der Waals surface area (Å²) in [7, 11) is 1.20. The Hall–Kier alpha value is -1.28. The van der Waals surface area contributed by atoms with Crippen LogP contribution in [0.4, 0.5) is 18.9 Å². The van der Waals surface area contributed by atoms with Crippen molar-refractivity contribution in [1.29, 1.82) is 0 Å². The molecule has 0 bridgehead atoms. The van der Waals surface area contributed by atoms with E-state index in [0.29, 0.717) is 17.5 Å². The molecule has 1 aromatic heterocycles. The highest BCUT2D eigenvalue weighted by atomic mass is 35.5. The van der Waals surface area contributed by atoms with Gasteiger partial charge in [-0.15, -0.1) is 12.4 Å². The predicted octanol–water partition coefficient (Wildman–Crippen LogP) is 1.90. The summed E-state index contributed by atoms with van der Waals surface area (Å²) in [4.78, 5) is 11.7. The molecule has 2 rings (SSSR count). The van der Waals surface area contributed by atoms with Crippen LogP contribution in [0.2, 0.25) is 0 Å². The van der Waals surface area contributed by atoms with Crippen molar-refractivity contribution >= 4 is 18.1 Å². The lowest BCUT2D eigenvalue weighted by molar-refractivity contribution is -0.138. The largest absolute Gasteiger partial charge is 0.423 e. The van der Waals surface area contributed by atoms with E-state index in [9.17, 15) is 18.0 Å². The monoisotopic (exact) mass is 326 g/mol. The lowest BCUT2D eigenvalue weighted by Crippen LogP contribution is -2.35. The Bertz CT molecular complexity index is 538. The lowest BCUT2D eigenvalue weighted by atomic mass is 9.91. The third-order valence-electron chi connectivity index (χ3n) is 3.55. The molecule has 1 aromatic rings.